The molecular formula is C22H25BrN2O2. The van der Waals surface area contributed by atoms with Crippen molar-refractivity contribution in [1.82, 2.24) is 9.80 Å². The summed E-state index contributed by atoms with van der Waals surface area (Å²) in [5, 5.41) is 0. The van der Waals surface area contributed by atoms with Crippen molar-refractivity contribution >= 4 is 27.7 Å². The molecule has 142 valence electrons. The van der Waals surface area contributed by atoms with E-state index in [1.165, 1.54) is 5.56 Å². The average molecular weight is 429 g/mol. The number of hydrogen-bond acceptors (Lipinski definition) is 2. The highest BCUT2D eigenvalue weighted by Crippen LogP contribution is 2.23. The van der Waals surface area contributed by atoms with Crippen LogP contribution >= 0.6 is 15.9 Å². The van der Waals surface area contributed by atoms with E-state index in [4.69, 9.17) is 0 Å². The highest BCUT2D eigenvalue weighted by Gasteiger charge is 2.26. The van der Waals surface area contributed by atoms with Crippen molar-refractivity contribution in [2.45, 2.75) is 26.2 Å². The molecule has 1 aliphatic heterocycles. The lowest BCUT2D eigenvalue weighted by atomic mass is 9.86. The summed E-state index contributed by atoms with van der Waals surface area (Å²) >= 11 is 3.44. The van der Waals surface area contributed by atoms with Gasteiger partial charge in [0, 0.05) is 36.2 Å². The van der Waals surface area contributed by atoms with Crippen LogP contribution in [0.3, 0.4) is 0 Å². The zero-order valence-corrected chi connectivity index (χ0v) is 17.6. The Morgan fingerprint density at radius 3 is 1.85 bits per heavy atom. The van der Waals surface area contributed by atoms with Crippen LogP contribution in [0.25, 0.3) is 0 Å². The number of piperazine rings is 1. The molecule has 4 nitrogen and oxygen atoms in total. The summed E-state index contributed by atoms with van der Waals surface area (Å²) < 4.78 is 0.799. The van der Waals surface area contributed by atoms with Crippen LogP contribution in [-0.4, -0.2) is 47.8 Å². The zero-order valence-electron chi connectivity index (χ0n) is 16.0. The predicted octanol–water partition coefficient (Wildman–Crippen LogP) is 4.34. The molecular weight excluding hydrogens is 404 g/mol. The van der Waals surface area contributed by atoms with Gasteiger partial charge in [-0.25, -0.2) is 0 Å². The maximum absolute atomic E-state index is 12.8. The summed E-state index contributed by atoms with van der Waals surface area (Å²) in [7, 11) is 0. The number of nitrogens with zero attached hydrogens (tertiary/aromatic N) is 2. The van der Waals surface area contributed by atoms with Gasteiger partial charge in [-0.2, -0.15) is 0 Å². The molecule has 2 amide bonds. The molecule has 0 spiro atoms. The van der Waals surface area contributed by atoms with Crippen molar-refractivity contribution < 1.29 is 9.59 Å². The number of halogens is 1. The SMILES string of the molecule is CC(C)(C)c1ccc(C(=O)N2CCN(C(=O)c3ccccc3Br)CC2)cc1. The second-order valence-electron chi connectivity index (χ2n) is 7.89. The molecule has 5 heteroatoms. The summed E-state index contributed by atoms with van der Waals surface area (Å²) in [4.78, 5) is 29.1. The van der Waals surface area contributed by atoms with E-state index < -0.39 is 0 Å². The fourth-order valence-corrected chi connectivity index (χ4v) is 3.67. The first-order chi connectivity index (χ1) is 12.8. The first-order valence-corrected chi connectivity index (χ1v) is 10.0. The second-order valence-corrected chi connectivity index (χ2v) is 8.75. The molecule has 2 aromatic rings. The molecule has 0 unspecified atom stereocenters. The molecule has 0 atom stereocenters. The Balaban J connectivity index is 1.63. The lowest BCUT2D eigenvalue weighted by molar-refractivity contribution is 0.0535. The highest BCUT2D eigenvalue weighted by atomic mass is 79.9. The quantitative estimate of drug-likeness (QED) is 0.713. The van der Waals surface area contributed by atoms with Gasteiger partial charge in [0.2, 0.25) is 0 Å². The van der Waals surface area contributed by atoms with Crippen LogP contribution in [0, 0.1) is 0 Å². The van der Waals surface area contributed by atoms with Gasteiger partial charge < -0.3 is 9.80 Å². The van der Waals surface area contributed by atoms with E-state index in [1.54, 1.807) is 0 Å². The number of carbonyl (C=O) groups is 2. The van der Waals surface area contributed by atoms with Crippen molar-refractivity contribution in [3.8, 4) is 0 Å². The van der Waals surface area contributed by atoms with Crippen LogP contribution < -0.4 is 0 Å². The molecule has 1 aliphatic rings. The third-order valence-electron chi connectivity index (χ3n) is 4.96. The fraction of sp³-hybridized carbons (Fsp3) is 0.364. The van der Waals surface area contributed by atoms with Gasteiger partial charge in [0.05, 0.1) is 5.56 Å². The smallest absolute Gasteiger partial charge is 0.255 e. The summed E-state index contributed by atoms with van der Waals surface area (Å²) in [5.74, 6) is 0.0348. The maximum Gasteiger partial charge on any atom is 0.255 e. The van der Waals surface area contributed by atoms with Crippen LogP contribution in [0.2, 0.25) is 0 Å². The number of benzene rings is 2. The molecule has 0 aromatic heterocycles. The largest absolute Gasteiger partial charge is 0.335 e. The summed E-state index contributed by atoms with van der Waals surface area (Å²) in [6.45, 7) is 8.67. The Labute approximate surface area is 169 Å². The van der Waals surface area contributed by atoms with Crippen LogP contribution in [0.15, 0.2) is 53.0 Å². The van der Waals surface area contributed by atoms with Gasteiger partial charge in [0.25, 0.3) is 11.8 Å². The van der Waals surface area contributed by atoms with Gasteiger partial charge in [-0.05, 0) is 51.2 Å². The van der Waals surface area contributed by atoms with E-state index in [0.717, 1.165) is 4.47 Å². The Bertz CT molecular complexity index is 832. The lowest BCUT2D eigenvalue weighted by Crippen LogP contribution is -2.50. The van der Waals surface area contributed by atoms with Crippen molar-refractivity contribution in [3.05, 3.63) is 69.7 Å². The van der Waals surface area contributed by atoms with Crippen molar-refractivity contribution in [1.29, 1.82) is 0 Å². The Hall–Kier alpha value is -2.14. The molecule has 0 radical (unpaired) electrons. The highest BCUT2D eigenvalue weighted by molar-refractivity contribution is 9.10. The zero-order chi connectivity index (χ0) is 19.6. The third kappa shape index (κ3) is 4.41. The molecule has 0 bridgehead atoms. The lowest BCUT2D eigenvalue weighted by Gasteiger charge is -2.35. The van der Waals surface area contributed by atoms with E-state index in [-0.39, 0.29) is 17.2 Å². The average Bonchev–Trinajstić information content (AvgIpc) is 2.67. The summed E-state index contributed by atoms with van der Waals surface area (Å²) in [6, 6.07) is 15.3. The van der Waals surface area contributed by atoms with E-state index in [0.29, 0.717) is 37.3 Å². The normalized spacial score (nSPS) is 15.0. The number of rotatable bonds is 2. The van der Waals surface area contributed by atoms with Gasteiger partial charge >= 0.3 is 0 Å². The minimum Gasteiger partial charge on any atom is -0.335 e. The van der Waals surface area contributed by atoms with Gasteiger partial charge in [-0.1, -0.05) is 45.0 Å². The van der Waals surface area contributed by atoms with Crippen molar-refractivity contribution in [3.63, 3.8) is 0 Å². The fourth-order valence-electron chi connectivity index (χ4n) is 3.21. The first-order valence-electron chi connectivity index (χ1n) is 9.21. The van der Waals surface area contributed by atoms with Crippen LogP contribution in [0.4, 0.5) is 0 Å². The number of amides is 2. The van der Waals surface area contributed by atoms with Gasteiger partial charge in [-0.3, -0.25) is 9.59 Å². The van der Waals surface area contributed by atoms with E-state index in [2.05, 4.69) is 36.7 Å². The van der Waals surface area contributed by atoms with Gasteiger partial charge in [-0.15, -0.1) is 0 Å². The third-order valence-corrected chi connectivity index (χ3v) is 5.65. The van der Waals surface area contributed by atoms with Crippen LogP contribution in [-0.2, 0) is 5.41 Å². The van der Waals surface area contributed by atoms with Crippen LogP contribution in [0.1, 0.15) is 47.1 Å². The standard InChI is InChI=1S/C22H25BrN2O2/c1-22(2,3)17-10-8-16(9-11-17)20(26)24-12-14-25(15-13-24)21(27)18-6-4-5-7-19(18)23/h4-11H,12-15H2,1-3H3. The van der Waals surface area contributed by atoms with E-state index in [9.17, 15) is 9.59 Å². The van der Waals surface area contributed by atoms with E-state index in [1.807, 2.05) is 58.3 Å². The number of carbonyl (C=O) groups excluding carboxylic acids is 2. The molecule has 1 heterocycles. The Morgan fingerprint density at radius 1 is 0.815 bits per heavy atom. The van der Waals surface area contributed by atoms with E-state index >= 15 is 0 Å². The monoisotopic (exact) mass is 428 g/mol. The number of hydrogen-bond donors (Lipinski definition) is 0. The Kier molecular flexibility index (Phi) is 5.70. The summed E-state index contributed by atoms with van der Waals surface area (Å²) in [6.07, 6.45) is 0. The molecule has 1 saturated heterocycles. The molecule has 1 fully saturated rings. The summed E-state index contributed by atoms with van der Waals surface area (Å²) in [5.41, 5.74) is 2.64. The minimum atomic E-state index is 0.00380. The predicted molar refractivity (Wildman–Crippen MR) is 111 cm³/mol. The molecule has 0 aliphatic carbocycles. The minimum absolute atomic E-state index is 0.00380. The molecule has 27 heavy (non-hydrogen) atoms. The molecule has 2 aromatic carbocycles. The van der Waals surface area contributed by atoms with Gasteiger partial charge in [0.1, 0.15) is 0 Å². The topological polar surface area (TPSA) is 40.6 Å². The Morgan fingerprint density at radius 2 is 1.33 bits per heavy atom. The van der Waals surface area contributed by atoms with Crippen LogP contribution in [0.5, 0.6) is 0 Å². The van der Waals surface area contributed by atoms with Crippen molar-refractivity contribution in [2.24, 2.45) is 0 Å². The van der Waals surface area contributed by atoms with Gasteiger partial charge in [0.15, 0.2) is 0 Å². The molecule has 3 rings (SSSR count). The first kappa shape index (κ1) is 19.6. The maximum atomic E-state index is 12.8. The molecule has 0 N–H and O–H groups in total. The van der Waals surface area contributed by atoms with Crippen molar-refractivity contribution in [2.75, 3.05) is 26.2 Å². The second kappa shape index (κ2) is 7.85. The molecule has 0 saturated carbocycles.